The zero-order chi connectivity index (χ0) is 25.0. The van der Waals surface area contributed by atoms with E-state index in [0.717, 1.165) is 23.6 Å². The van der Waals surface area contributed by atoms with E-state index >= 15 is 0 Å². The van der Waals surface area contributed by atoms with Gasteiger partial charge in [-0.05, 0) is 48.2 Å². The molecule has 5 rings (SSSR count). The molecule has 35 heavy (non-hydrogen) atoms. The Balaban J connectivity index is 1.35. The fourth-order valence-electron chi connectivity index (χ4n) is 5.20. The Morgan fingerprint density at radius 1 is 1.14 bits per heavy atom. The van der Waals surface area contributed by atoms with Gasteiger partial charge in [0.1, 0.15) is 4.90 Å². The summed E-state index contributed by atoms with van der Waals surface area (Å²) in [5.74, 6) is 0.114. The van der Waals surface area contributed by atoms with E-state index < -0.39 is 21.8 Å². The lowest BCUT2D eigenvalue weighted by molar-refractivity contribution is -0.137. The number of nitrogens with one attached hydrogen (secondary N) is 1. The van der Waals surface area contributed by atoms with Gasteiger partial charge in [0.15, 0.2) is 0 Å². The van der Waals surface area contributed by atoms with E-state index in [0.29, 0.717) is 25.1 Å². The Morgan fingerprint density at radius 2 is 1.91 bits per heavy atom. The van der Waals surface area contributed by atoms with Crippen molar-refractivity contribution < 1.29 is 21.6 Å². The van der Waals surface area contributed by atoms with E-state index in [1.54, 1.807) is 13.1 Å². The van der Waals surface area contributed by atoms with Gasteiger partial charge in [-0.1, -0.05) is 36.4 Å². The van der Waals surface area contributed by atoms with Crippen molar-refractivity contribution in [2.24, 2.45) is 7.05 Å². The molecule has 1 aliphatic heterocycles. The number of aryl methyl sites for hydroxylation is 1. The summed E-state index contributed by atoms with van der Waals surface area (Å²) in [4.78, 5) is 0.186. The van der Waals surface area contributed by atoms with Crippen LogP contribution in [0.3, 0.4) is 0 Å². The summed E-state index contributed by atoms with van der Waals surface area (Å²) in [6, 6.07) is 11.9. The topological polar surface area (TPSA) is 67.2 Å². The molecule has 2 aliphatic rings. The van der Waals surface area contributed by atoms with Crippen LogP contribution in [0.25, 0.3) is 0 Å². The Labute approximate surface area is 202 Å². The van der Waals surface area contributed by atoms with Crippen LogP contribution in [0.4, 0.5) is 13.2 Å². The summed E-state index contributed by atoms with van der Waals surface area (Å²) in [7, 11) is -0.0102. The van der Waals surface area contributed by atoms with Crippen molar-refractivity contribution >= 4 is 10.0 Å². The van der Waals surface area contributed by atoms with Crippen LogP contribution in [0.1, 0.15) is 39.7 Å². The lowest BCUT2D eigenvalue weighted by Crippen LogP contribution is -2.48. The van der Waals surface area contributed by atoms with Crippen LogP contribution in [0.5, 0.6) is 0 Å². The van der Waals surface area contributed by atoms with Crippen molar-refractivity contribution in [2.45, 2.75) is 41.8 Å². The van der Waals surface area contributed by atoms with Gasteiger partial charge in [0, 0.05) is 44.2 Å². The molecular formula is C25H27F3N4O2S. The highest BCUT2D eigenvalue weighted by atomic mass is 32.2. The molecule has 1 aliphatic carbocycles. The summed E-state index contributed by atoms with van der Waals surface area (Å²) in [6.45, 7) is 0.785. The highest BCUT2D eigenvalue weighted by molar-refractivity contribution is 7.89. The van der Waals surface area contributed by atoms with Crippen LogP contribution >= 0.6 is 0 Å². The van der Waals surface area contributed by atoms with Crippen molar-refractivity contribution in [1.82, 2.24) is 19.4 Å². The Morgan fingerprint density at radius 3 is 2.57 bits per heavy atom. The first-order valence-electron chi connectivity index (χ1n) is 11.5. The number of aromatic nitrogens is 2. The van der Waals surface area contributed by atoms with Crippen molar-refractivity contribution in [3.8, 4) is 0 Å². The Hall–Kier alpha value is -2.69. The number of hydrogen-bond acceptors (Lipinski definition) is 4. The molecule has 0 amide bonds. The molecule has 0 bridgehead atoms. The highest BCUT2D eigenvalue weighted by Gasteiger charge is 2.39. The van der Waals surface area contributed by atoms with E-state index in [4.69, 9.17) is 0 Å². The second-order valence-electron chi connectivity index (χ2n) is 9.43. The molecule has 2 heterocycles. The molecule has 1 aromatic heterocycles. The van der Waals surface area contributed by atoms with Gasteiger partial charge in [-0.15, -0.1) is 0 Å². The maximum Gasteiger partial charge on any atom is 0.416 e. The number of fused-ring (bicyclic) bond motifs is 1. The smallest absolute Gasteiger partial charge is 0.316 e. The highest BCUT2D eigenvalue weighted by Crippen LogP contribution is 2.40. The predicted octanol–water partition coefficient (Wildman–Crippen LogP) is 3.70. The summed E-state index contributed by atoms with van der Waals surface area (Å²) in [5, 5.41) is 7.29. The van der Waals surface area contributed by atoms with Crippen molar-refractivity contribution in [3.63, 3.8) is 0 Å². The molecule has 2 aromatic carbocycles. The number of alkyl halides is 3. The summed E-state index contributed by atoms with van der Waals surface area (Å²) in [6.07, 6.45) is -0.214. The molecule has 186 valence electrons. The lowest BCUT2D eigenvalue weighted by Gasteiger charge is -2.38. The number of sulfonamides is 1. The maximum atomic E-state index is 13.2. The van der Waals surface area contributed by atoms with Crippen LogP contribution in [-0.4, -0.2) is 48.7 Å². The molecule has 1 saturated heterocycles. The second kappa shape index (κ2) is 8.76. The minimum Gasteiger partial charge on any atom is -0.316 e. The van der Waals surface area contributed by atoms with Gasteiger partial charge in [0.2, 0.25) is 10.0 Å². The zero-order valence-corrected chi connectivity index (χ0v) is 20.3. The molecule has 10 heteroatoms. The molecule has 1 fully saturated rings. The first-order chi connectivity index (χ1) is 16.6. The molecule has 2 unspecified atom stereocenters. The third-order valence-corrected chi connectivity index (χ3v) is 9.00. The van der Waals surface area contributed by atoms with E-state index in [1.165, 1.54) is 39.1 Å². The second-order valence-corrected chi connectivity index (χ2v) is 11.4. The summed E-state index contributed by atoms with van der Waals surface area (Å²) < 4.78 is 68.2. The largest absolute Gasteiger partial charge is 0.416 e. The van der Waals surface area contributed by atoms with Crippen LogP contribution in [-0.2, 0) is 36.1 Å². The number of hydrogen-bond donors (Lipinski definition) is 1. The average molecular weight is 505 g/mol. The van der Waals surface area contributed by atoms with Crippen molar-refractivity contribution in [2.75, 3.05) is 20.1 Å². The quantitative estimate of drug-likeness (QED) is 0.556. The predicted molar refractivity (Wildman–Crippen MR) is 126 cm³/mol. The molecule has 0 saturated carbocycles. The van der Waals surface area contributed by atoms with Crippen molar-refractivity contribution in [1.29, 1.82) is 0 Å². The average Bonchev–Trinajstić information content (AvgIpc) is 3.36. The fourth-order valence-corrected chi connectivity index (χ4v) is 6.72. The molecule has 0 spiro atoms. The van der Waals surface area contributed by atoms with Crippen LogP contribution in [0, 0.1) is 0 Å². The number of nitrogens with zero attached hydrogens (tertiary/aromatic N) is 3. The molecular weight excluding hydrogens is 477 g/mol. The molecule has 1 N–H and O–H groups in total. The van der Waals surface area contributed by atoms with E-state index in [-0.39, 0.29) is 22.8 Å². The standard InChI is InChI=1S/C25H27F3N4O2S/c1-29-24-11-18-7-6-17(19-13-32(14-19)35(33,34)21-12-30-31(2)15-21)10-22(18)23(24)9-16-4-3-5-20(8-16)25(26,27)28/h3-8,10,12,15,19,23-24,29H,9,11,13-14H2,1-2H3. The SMILES string of the molecule is CNC1Cc2ccc(C3CN(S(=O)(=O)c4cnn(C)c4)C3)cc2C1Cc1cccc(C(F)(F)F)c1. The van der Waals surface area contributed by atoms with Gasteiger partial charge >= 0.3 is 6.18 Å². The number of rotatable bonds is 6. The number of likely N-dealkylation sites (N-methyl/N-ethyl adjacent to an activating group) is 1. The zero-order valence-electron chi connectivity index (χ0n) is 19.5. The number of benzene rings is 2. The molecule has 3 aromatic rings. The minimum atomic E-state index is -4.37. The summed E-state index contributed by atoms with van der Waals surface area (Å²) in [5.41, 5.74) is 3.40. The first kappa shape index (κ1) is 24.0. The normalized spacial score (nSPS) is 21.2. The molecule has 0 radical (unpaired) electrons. The Kier molecular flexibility index (Phi) is 6.01. The Bertz CT molecular complexity index is 1350. The molecule has 6 nitrogen and oxygen atoms in total. The third kappa shape index (κ3) is 4.50. The van der Waals surface area contributed by atoms with E-state index in [9.17, 15) is 21.6 Å². The van der Waals surface area contributed by atoms with Crippen LogP contribution in [0.15, 0.2) is 59.8 Å². The van der Waals surface area contributed by atoms with Crippen molar-refractivity contribution in [3.05, 3.63) is 82.7 Å². The monoisotopic (exact) mass is 504 g/mol. The van der Waals surface area contributed by atoms with Crippen LogP contribution < -0.4 is 5.32 Å². The van der Waals surface area contributed by atoms with Gasteiger partial charge in [0.25, 0.3) is 0 Å². The van der Waals surface area contributed by atoms with Gasteiger partial charge in [-0.2, -0.15) is 22.6 Å². The number of halogens is 3. The lowest BCUT2D eigenvalue weighted by atomic mass is 9.86. The van der Waals surface area contributed by atoms with E-state index in [2.05, 4.69) is 28.6 Å². The van der Waals surface area contributed by atoms with E-state index in [1.807, 2.05) is 7.05 Å². The first-order valence-corrected chi connectivity index (χ1v) is 12.9. The fraction of sp³-hybridized carbons (Fsp3) is 0.400. The maximum absolute atomic E-state index is 13.2. The summed E-state index contributed by atoms with van der Waals surface area (Å²) >= 11 is 0. The van der Waals surface area contributed by atoms with Gasteiger partial charge in [-0.3, -0.25) is 4.68 Å². The van der Waals surface area contributed by atoms with Crippen LogP contribution in [0.2, 0.25) is 0 Å². The minimum absolute atomic E-state index is 0.0359. The molecule has 2 atom stereocenters. The van der Waals surface area contributed by atoms with Gasteiger partial charge < -0.3 is 5.32 Å². The van der Waals surface area contributed by atoms with Gasteiger partial charge in [-0.25, -0.2) is 8.42 Å². The van der Waals surface area contributed by atoms with Gasteiger partial charge in [0.05, 0.1) is 11.8 Å². The third-order valence-electron chi connectivity index (χ3n) is 7.21.